The molecule has 1 saturated carbocycles. The molecule has 2 heterocycles. The highest BCUT2D eigenvalue weighted by molar-refractivity contribution is 5.12. The zero-order chi connectivity index (χ0) is 14.8. The first-order valence-electron chi connectivity index (χ1n) is 8.35. The van der Waals surface area contributed by atoms with Gasteiger partial charge in [-0.15, -0.1) is 0 Å². The summed E-state index contributed by atoms with van der Waals surface area (Å²) in [4.78, 5) is 4.82. The predicted octanol–water partition coefficient (Wildman–Crippen LogP) is 2.91. The second-order valence-corrected chi connectivity index (χ2v) is 6.61. The summed E-state index contributed by atoms with van der Waals surface area (Å²) in [6, 6.07) is 0. The van der Waals surface area contributed by atoms with Gasteiger partial charge in [0.05, 0.1) is 5.41 Å². The van der Waals surface area contributed by atoms with E-state index in [0.29, 0.717) is 0 Å². The minimum absolute atomic E-state index is 0.0682. The molecular weight excluding hydrogens is 266 g/mol. The van der Waals surface area contributed by atoms with E-state index in [2.05, 4.69) is 17.4 Å². The Bertz CT molecular complexity index is 454. The van der Waals surface area contributed by atoms with Crippen molar-refractivity contribution in [3.05, 3.63) is 11.7 Å². The van der Waals surface area contributed by atoms with Gasteiger partial charge in [0.15, 0.2) is 0 Å². The minimum atomic E-state index is -0.304. The lowest BCUT2D eigenvalue weighted by Gasteiger charge is -2.34. The van der Waals surface area contributed by atoms with Crippen LogP contribution in [0.1, 0.15) is 70.0 Å². The Morgan fingerprint density at radius 3 is 2.52 bits per heavy atom. The first kappa shape index (κ1) is 15.0. The number of ether oxygens (including phenoxy) is 1. The zero-order valence-corrected chi connectivity index (χ0v) is 13.3. The molecule has 1 aliphatic heterocycles. The van der Waals surface area contributed by atoms with Gasteiger partial charge in [-0.2, -0.15) is 4.98 Å². The molecule has 1 aromatic rings. The minimum Gasteiger partial charge on any atom is -0.370 e. The highest BCUT2D eigenvalue weighted by atomic mass is 16.5. The maximum Gasteiger partial charge on any atom is 0.233 e. The van der Waals surface area contributed by atoms with Crippen LogP contribution in [-0.2, 0) is 15.8 Å². The lowest BCUT2D eigenvalue weighted by molar-refractivity contribution is -0.0178. The maximum absolute atomic E-state index is 5.78. The van der Waals surface area contributed by atoms with Gasteiger partial charge in [0.1, 0.15) is 5.60 Å². The molecule has 0 amide bonds. The van der Waals surface area contributed by atoms with Crippen LogP contribution in [0.15, 0.2) is 4.52 Å². The number of rotatable bonds is 5. The molecule has 0 bridgehead atoms. The molecule has 2 fully saturated rings. The molecule has 1 N–H and O–H groups in total. The molecular formula is C16H27N3O2. The van der Waals surface area contributed by atoms with E-state index >= 15 is 0 Å². The third-order valence-corrected chi connectivity index (χ3v) is 5.38. The molecule has 5 nitrogen and oxygen atoms in total. The largest absolute Gasteiger partial charge is 0.370 e. The van der Waals surface area contributed by atoms with Gasteiger partial charge < -0.3 is 14.6 Å². The van der Waals surface area contributed by atoms with Gasteiger partial charge >= 0.3 is 0 Å². The molecule has 1 aromatic heterocycles. The van der Waals surface area contributed by atoms with E-state index in [1.165, 1.54) is 12.8 Å². The summed E-state index contributed by atoms with van der Waals surface area (Å²) >= 11 is 0. The standard InChI is InChI=1S/C16H27N3O2/c1-3-6-15(9-11-17-12-10-15)14-18-13(19-21-14)16(20-2)7-4-5-8-16/h17H,3-12H2,1-2H3. The lowest BCUT2D eigenvalue weighted by Crippen LogP contribution is -2.40. The molecule has 1 saturated heterocycles. The number of hydrogen-bond acceptors (Lipinski definition) is 5. The summed E-state index contributed by atoms with van der Waals surface area (Å²) in [5, 5.41) is 7.75. The van der Waals surface area contributed by atoms with Gasteiger partial charge in [-0.3, -0.25) is 0 Å². The summed E-state index contributed by atoms with van der Waals surface area (Å²) in [7, 11) is 1.77. The van der Waals surface area contributed by atoms with Crippen LogP contribution >= 0.6 is 0 Å². The second-order valence-electron chi connectivity index (χ2n) is 6.61. The summed E-state index contributed by atoms with van der Waals surface area (Å²) in [5.41, 5.74) is -0.235. The molecule has 0 atom stereocenters. The predicted molar refractivity (Wildman–Crippen MR) is 80.1 cm³/mol. The molecule has 2 aliphatic rings. The molecule has 0 aromatic carbocycles. The number of hydrogen-bond donors (Lipinski definition) is 1. The average molecular weight is 293 g/mol. The number of nitrogens with zero attached hydrogens (tertiary/aromatic N) is 2. The number of methoxy groups -OCH3 is 1. The first-order valence-corrected chi connectivity index (χ1v) is 8.35. The van der Waals surface area contributed by atoms with Crippen LogP contribution in [-0.4, -0.2) is 30.3 Å². The van der Waals surface area contributed by atoms with Crippen LogP contribution in [0, 0.1) is 0 Å². The SMILES string of the molecule is CCCC1(c2nc(C3(OC)CCCC3)no2)CCNCC1. The van der Waals surface area contributed by atoms with Gasteiger partial charge in [0, 0.05) is 7.11 Å². The van der Waals surface area contributed by atoms with E-state index in [9.17, 15) is 0 Å². The topological polar surface area (TPSA) is 60.2 Å². The lowest BCUT2D eigenvalue weighted by atomic mass is 9.75. The van der Waals surface area contributed by atoms with Gasteiger partial charge in [-0.05, 0) is 58.0 Å². The van der Waals surface area contributed by atoms with E-state index in [-0.39, 0.29) is 11.0 Å². The van der Waals surface area contributed by atoms with Crippen molar-refractivity contribution in [3.8, 4) is 0 Å². The molecule has 0 unspecified atom stereocenters. The molecule has 0 radical (unpaired) electrons. The van der Waals surface area contributed by atoms with Crippen molar-refractivity contribution in [1.29, 1.82) is 0 Å². The number of nitrogens with one attached hydrogen (secondary N) is 1. The van der Waals surface area contributed by atoms with E-state index < -0.39 is 0 Å². The maximum atomic E-state index is 5.78. The van der Waals surface area contributed by atoms with Crippen molar-refractivity contribution < 1.29 is 9.26 Å². The van der Waals surface area contributed by atoms with Crippen LogP contribution < -0.4 is 5.32 Å². The van der Waals surface area contributed by atoms with Crippen molar-refractivity contribution >= 4 is 0 Å². The smallest absolute Gasteiger partial charge is 0.233 e. The highest BCUT2D eigenvalue weighted by Crippen LogP contribution is 2.42. The fourth-order valence-corrected chi connectivity index (χ4v) is 4.04. The Morgan fingerprint density at radius 2 is 1.90 bits per heavy atom. The Kier molecular flexibility index (Phi) is 4.31. The Hall–Kier alpha value is -0.940. The third kappa shape index (κ3) is 2.61. The van der Waals surface area contributed by atoms with Crippen LogP contribution in [0.4, 0.5) is 0 Å². The van der Waals surface area contributed by atoms with E-state index in [1.807, 2.05) is 0 Å². The van der Waals surface area contributed by atoms with Crippen LogP contribution in [0.5, 0.6) is 0 Å². The summed E-state index contributed by atoms with van der Waals surface area (Å²) in [6.07, 6.45) is 8.81. The van der Waals surface area contributed by atoms with Crippen molar-refractivity contribution in [2.24, 2.45) is 0 Å². The van der Waals surface area contributed by atoms with E-state index in [0.717, 1.165) is 63.3 Å². The Balaban J connectivity index is 1.88. The molecule has 1 aliphatic carbocycles. The average Bonchev–Trinajstić information content (AvgIpc) is 3.19. The van der Waals surface area contributed by atoms with Crippen molar-refractivity contribution in [2.45, 2.75) is 69.3 Å². The Morgan fingerprint density at radius 1 is 1.19 bits per heavy atom. The quantitative estimate of drug-likeness (QED) is 0.904. The van der Waals surface area contributed by atoms with Crippen molar-refractivity contribution in [2.75, 3.05) is 20.2 Å². The Labute approximate surface area is 126 Å². The summed E-state index contributed by atoms with van der Waals surface area (Å²) < 4.78 is 11.5. The summed E-state index contributed by atoms with van der Waals surface area (Å²) in [5.74, 6) is 1.61. The van der Waals surface area contributed by atoms with Crippen LogP contribution in [0.2, 0.25) is 0 Å². The van der Waals surface area contributed by atoms with Gasteiger partial charge in [-0.25, -0.2) is 0 Å². The normalized spacial score (nSPS) is 24.3. The fourth-order valence-electron chi connectivity index (χ4n) is 4.04. The molecule has 0 spiro atoms. The van der Waals surface area contributed by atoms with Gasteiger partial charge in [0.2, 0.25) is 11.7 Å². The zero-order valence-electron chi connectivity index (χ0n) is 13.3. The first-order chi connectivity index (χ1) is 10.2. The molecule has 3 rings (SSSR count). The van der Waals surface area contributed by atoms with Gasteiger partial charge in [-0.1, -0.05) is 18.5 Å². The summed E-state index contributed by atoms with van der Waals surface area (Å²) in [6.45, 7) is 4.30. The van der Waals surface area contributed by atoms with Crippen LogP contribution in [0.25, 0.3) is 0 Å². The van der Waals surface area contributed by atoms with Crippen LogP contribution in [0.3, 0.4) is 0 Å². The van der Waals surface area contributed by atoms with E-state index in [4.69, 9.17) is 14.2 Å². The van der Waals surface area contributed by atoms with E-state index in [1.54, 1.807) is 7.11 Å². The van der Waals surface area contributed by atoms with Crippen molar-refractivity contribution in [3.63, 3.8) is 0 Å². The number of aromatic nitrogens is 2. The highest BCUT2D eigenvalue weighted by Gasteiger charge is 2.43. The van der Waals surface area contributed by atoms with Gasteiger partial charge in [0.25, 0.3) is 0 Å². The molecule has 118 valence electrons. The van der Waals surface area contributed by atoms with Crippen molar-refractivity contribution in [1.82, 2.24) is 15.5 Å². The third-order valence-electron chi connectivity index (χ3n) is 5.38. The monoisotopic (exact) mass is 293 g/mol. The number of piperidine rings is 1. The second kappa shape index (κ2) is 6.05. The molecule has 21 heavy (non-hydrogen) atoms. The fraction of sp³-hybridized carbons (Fsp3) is 0.875. The molecule has 5 heteroatoms.